The second-order valence-electron chi connectivity index (χ2n) is 7.42. The van der Waals surface area contributed by atoms with E-state index in [1.54, 1.807) is 6.92 Å². The number of aliphatic carboxylic acids is 1. The fraction of sp³-hybridized carbons (Fsp3) is 0.588. The Labute approximate surface area is 155 Å². The van der Waals surface area contributed by atoms with Gasteiger partial charge in [0.15, 0.2) is 5.65 Å². The van der Waals surface area contributed by atoms with E-state index in [9.17, 15) is 19.5 Å². The Morgan fingerprint density at radius 1 is 1.19 bits per heavy atom. The normalized spacial score (nSPS) is 13.2. The zero-order chi connectivity index (χ0) is 19.8. The summed E-state index contributed by atoms with van der Waals surface area (Å²) in [4.78, 5) is 45.1. The van der Waals surface area contributed by atoms with E-state index in [4.69, 9.17) is 0 Å². The SMILES string of the molecule is CC[C@@H](Sc1nc(CC(C)(C)C)nc2c1c(=O)n(C)c(=O)n2C)C(=O)[O-]. The molecule has 0 bridgehead atoms. The van der Waals surface area contributed by atoms with Crippen molar-refractivity contribution in [2.24, 2.45) is 19.5 Å². The van der Waals surface area contributed by atoms with Gasteiger partial charge in [-0.15, -0.1) is 0 Å². The van der Waals surface area contributed by atoms with E-state index in [-0.39, 0.29) is 21.5 Å². The summed E-state index contributed by atoms with van der Waals surface area (Å²) in [5, 5.41) is 10.9. The van der Waals surface area contributed by atoms with Gasteiger partial charge in [-0.25, -0.2) is 14.8 Å². The molecule has 9 heteroatoms. The summed E-state index contributed by atoms with van der Waals surface area (Å²) in [6.45, 7) is 7.78. The van der Waals surface area contributed by atoms with Crippen molar-refractivity contribution in [3.05, 3.63) is 26.7 Å². The lowest BCUT2D eigenvalue weighted by Crippen LogP contribution is -2.38. The number of rotatable bonds is 5. The van der Waals surface area contributed by atoms with Gasteiger partial charge in [0.2, 0.25) is 0 Å². The van der Waals surface area contributed by atoms with Crippen LogP contribution in [0.25, 0.3) is 11.0 Å². The zero-order valence-electron chi connectivity index (χ0n) is 15.8. The number of hydrogen-bond donors (Lipinski definition) is 0. The summed E-state index contributed by atoms with van der Waals surface area (Å²) in [5.41, 5.74) is -0.942. The Bertz CT molecular complexity index is 972. The quantitative estimate of drug-likeness (QED) is 0.540. The molecule has 26 heavy (non-hydrogen) atoms. The highest BCUT2D eigenvalue weighted by Gasteiger charge is 2.22. The van der Waals surface area contributed by atoms with Gasteiger partial charge < -0.3 is 9.90 Å². The predicted octanol–water partition coefficient (Wildman–Crippen LogP) is 0.236. The van der Waals surface area contributed by atoms with Crippen LogP contribution >= 0.6 is 11.8 Å². The first-order valence-corrected chi connectivity index (χ1v) is 9.18. The fourth-order valence-corrected chi connectivity index (χ4v) is 3.53. The van der Waals surface area contributed by atoms with Gasteiger partial charge in [-0.2, -0.15) is 0 Å². The van der Waals surface area contributed by atoms with Crippen LogP contribution in [0.1, 0.15) is 39.9 Å². The number of nitrogens with zero attached hydrogens (tertiary/aromatic N) is 4. The molecule has 2 aromatic rings. The molecule has 0 aliphatic rings. The maximum atomic E-state index is 12.7. The van der Waals surface area contributed by atoms with Crippen molar-refractivity contribution in [2.75, 3.05) is 0 Å². The molecule has 142 valence electrons. The first-order valence-electron chi connectivity index (χ1n) is 8.30. The summed E-state index contributed by atoms with van der Waals surface area (Å²) in [6, 6.07) is 0. The molecule has 2 heterocycles. The van der Waals surface area contributed by atoms with Gasteiger partial charge in [-0.3, -0.25) is 13.9 Å². The molecule has 0 amide bonds. The van der Waals surface area contributed by atoms with Crippen molar-refractivity contribution < 1.29 is 9.90 Å². The van der Waals surface area contributed by atoms with Crippen LogP contribution in [0.4, 0.5) is 0 Å². The average molecular weight is 379 g/mol. The van der Waals surface area contributed by atoms with E-state index in [1.807, 2.05) is 20.8 Å². The zero-order valence-corrected chi connectivity index (χ0v) is 16.6. The summed E-state index contributed by atoms with van der Waals surface area (Å²) in [7, 11) is 2.90. The Balaban J connectivity index is 2.83. The van der Waals surface area contributed by atoms with Crippen LogP contribution in [0.5, 0.6) is 0 Å². The number of hydrogen-bond acceptors (Lipinski definition) is 7. The van der Waals surface area contributed by atoms with Crippen molar-refractivity contribution in [3.63, 3.8) is 0 Å². The molecule has 0 aliphatic heterocycles. The van der Waals surface area contributed by atoms with Crippen LogP contribution in [0, 0.1) is 5.41 Å². The number of carbonyl (C=O) groups is 1. The Hall–Kier alpha value is -2.16. The third-order valence-electron chi connectivity index (χ3n) is 3.89. The molecule has 0 saturated heterocycles. The monoisotopic (exact) mass is 379 g/mol. The van der Waals surface area contributed by atoms with E-state index >= 15 is 0 Å². The first-order chi connectivity index (χ1) is 12.0. The van der Waals surface area contributed by atoms with E-state index in [0.717, 1.165) is 16.3 Å². The minimum Gasteiger partial charge on any atom is -0.549 e. The fourth-order valence-electron chi connectivity index (χ4n) is 2.54. The van der Waals surface area contributed by atoms with E-state index in [0.29, 0.717) is 18.7 Å². The van der Waals surface area contributed by atoms with Gasteiger partial charge >= 0.3 is 5.69 Å². The Kier molecular flexibility index (Phi) is 5.60. The Morgan fingerprint density at radius 2 is 1.81 bits per heavy atom. The third kappa shape index (κ3) is 3.98. The van der Waals surface area contributed by atoms with Crippen LogP contribution in [-0.2, 0) is 25.3 Å². The van der Waals surface area contributed by atoms with Gasteiger partial charge in [-0.1, -0.05) is 39.5 Å². The minimum absolute atomic E-state index is 0.118. The molecule has 2 aromatic heterocycles. The van der Waals surface area contributed by atoms with Gasteiger partial charge in [0.25, 0.3) is 5.56 Å². The highest BCUT2D eigenvalue weighted by Crippen LogP contribution is 2.29. The molecule has 0 aliphatic carbocycles. The molecule has 8 nitrogen and oxygen atoms in total. The first kappa shape index (κ1) is 20.2. The topological polar surface area (TPSA) is 110 Å². The number of carbonyl (C=O) groups excluding carboxylic acids is 1. The van der Waals surface area contributed by atoms with Crippen molar-refractivity contribution in [1.82, 2.24) is 19.1 Å². The molecular formula is C17H23N4O4S-. The van der Waals surface area contributed by atoms with Crippen LogP contribution in [0.2, 0.25) is 0 Å². The molecule has 0 spiro atoms. The maximum absolute atomic E-state index is 12.7. The third-order valence-corrected chi connectivity index (χ3v) is 5.22. The molecule has 0 radical (unpaired) electrons. The summed E-state index contributed by atoms with van der Waals surface area (Å²) < 4.78 is 2.26. The number of aromatic nitrogens is 4. The van der Waals surface area contributed by atoms with Crippen molar-refractivity contribution in [3.8, 4) is 0 Å². The molecule has 1 atom stereocenters. The van der Waals surface area contributed by atoms with Crippen molar-refractivity contribution in [2.45, 2.75) is 50.8 Å². The van der Waals surface area contributed by atoms with Gasteiger partial charge in [0, 0.05) is 20.5 Å². The summed E-state index contributed by atoms with van der Waals surface area (Å²) in [6.07, 6.45) is 0.835. The molecule has 0 aromatic carbocycles. The van der Waals surface area contributed by atoms with Crippen LogP contribution in [0.15, 0.2) is 14.6 Å². The summed E-state index contributed by atoms with van der Waals surface area (Å²) >= 11 is 0.962. The molecule has 0 N–H and O–H groups in total. The molecule has 2 rings (SSSR count). The van der Waals surface area contributed by atoms with Crippen molar-refractivity contribution >= 4 is 28.8 Å². The molecule has 0 saturated carbocycles. The average Bonchev–Trinajstić information content (AvgIpc) is 2.53. The lowest BCUT2D eigenvalue weighted by atomic mass is 9.92. The largest absolute Gasteiger partial charge is 0.549 e. The van der Waals surface area contributed by atoms with Crippen LogP contribution < -0.4 is 16.4 Å². The van der Waals surface area contributed by atoms with Gasteiger partial charge in [0.05, 0.1) is 11.2 Å². The molecule has 0 fully saturated rings. The second-order valence-corrected chi connectivity index (χ2v) is 8.61. The highest BCUT2D eigenvalue weighted by molar-refractivity contribution is 8.00. The number of aryl methyl sites for hydroxylation is 1. The lowest BCUT2D eigenvalue weighted by molar-refractivity contribution is -0.304. The Morgan fingerprint density at radius 3 is 2.31 bits per heavy atom. The van der Waals surface area contributed by atoms with Crippen molar-refractivity contribution in [1.29, 1.82) is 0 Å². The standard InChI is InChI=1S/C17H24N4O4S/c1-7-9(15(23)24)26-13-11-12(18-10(19-13)8-17(2,3)4)20(5)16(25)21(6)14(11)22/h9H,7-8H2,1-6H3,(H,23,24)/p-1/t9-/m1/s1. The van der Waals surface area contributed by atoms with Crippen LogP contribution in [-0.4, -0.2) is 30.3 Å². The van der Waals surface area contributed by atoms with E-state index < -0.39 is 22.5 Å². The van der Waals surface area contributed by atoms with Gasteiger partial charge in [-0.05, 0) is 11.8 Å². The highest BCUT2D eigenvalue weighted by atomic mass is 32.2. The minimum atomic E-state index is -1.22. The van der Waals surface area contributed by atoms with Gasteiger partial charge in [0.1, 0.15) is 16.2 Å². The van der Waals surface area contributed by atoms with E-state index in [2.05, 4.69) is 9.97 Å². The predicted molar refractivity (Wildman–Crippen MR) is 98.1 cm³/mol. The maximum Gasteiger partial charge on any atom is 0.332 e. The molecular weight excluding hydrogens is 356 g/mol. The number of fused-ring (bicyclic) bond motifs is 1. The second kappa shape index (κ2) is 7.22. The number of thioether (sulfide) groups is 1. The summed E-state index contributed by atoms with van der Waals surface area (Å²) in [5.74, 6) is -0.757. The number of carboxylic acid groups (broad SMARTS) is 1. The lowest BCUT2D eigenvalue weighted by Gasteiger charge is -2.20. The number of carboxylic acids is 1. The molecule has 0 unspecified atom stereocenters. The van der Waals surface area contributed by atoms with E-state index in [1.165, 1.54) is 18.7 Å². The smallest absolute Gasteiger partial charge is 0.332 e. The van der Waals surface area contributed by atoms with Crippen LogP contribution in [0.3, 0.4) is 0 Å².